The molecule has 2 heterocycles. The van der Waals surface area contributed by atoms with E-state index < -0.39 is 10.0 Å². The molecule has 5 nitrogen and oxygen atoms in total. The van der Waals surface area contributed by atoms with E-state index in [4.69, 9.17) is 5.73 Å². The second-order valence-corrected chi connectivity index (χ2v) is 8.11. The van der Waals surface area contributed by atoms with Crippen LogP contribution in [0.2, 0.25) is 0 Å². The molecule has 1 aromatic carbocycles. The lowest BCUT2D eigenvalue weighted by Crippen LogP contribution is -2.37. The molecular formula is C17H19N3O2S2. The van der Waals surface area contributed by atoms with E-state index in [1.165, 1.54) is 4.31 Å². The van der Waals surface area contributed by atoms with E-state index in [1.807, 2.05) is 22.9 Å². The highest BCUT2D eigenvalue weighted by atomic mass is 32.2. The third-order valence-electron chi connectivity index (χ3n) is 3.87. The molecule has 0 bridgehead atoms. The van der Waals surface area contributed by atoms with Crippen molar-refractivity contribution in [3.05, 3.63) is 59.0 Å². The van der Waals surface area contributed by atoms with Crippen molar-refractivity contribution in [1.82, 2.24) is 9.29 Å². The summed E-state index contributed by atoms with van der Waals surface area (Å²) in [4.78, 5) is 4.37. The first-order valence-electron chi connectivity index (χ1n) is 7.67. The molecule has 24 heavy (non-hydrogen) atoms. The molecule has 0 aliphatic carbocycles. The van der Waals surface area contributed by atoms with Gasteiger partial charge in [0.2, 0.25) is 10.0 Å². The fraction of sp³-hybridized carbons (Fsp3) is 0.235. The van der Waals surface area contributed by atoms with Gasteiger partial charge >= 0.3 is 0 Å². The van der Waals surface area contributed by atoms with Gasteiger partial charge in [-0.15, -0.1) is 0 Å². The molecule has 0 saturated heterocycles. The zero-order valence-electron chi connectivity index (χ0n) is 13.1. The highest BCUT2D eigenvalue weighted by molar-refractivity contribution is 7.89. The van der Waals surface area contributed by atoms with Crippen LogP contribution in [0, 0.1) is 0 Å². The minimum Gasteiger partial charge on any atom is -0.329 e. The smallest absolute Gasteiger partial charge is 0.243 e. The Bertz CT molecular complexity index is 903. The molecule has 0 spiro atoms. The van der Waals surface area contributed by atoms with Gasteiger partial charge in [-0.1, -0.05) is 12.1 Å². The minimum atomic E-state index is -3.61. The second-order valence-electron chi connectivity index (χ2n) is 5.43. The molecule has 2 aromatic heterocycles. The summed E-state index contributed by atoms with van der Waals surface area (Å²) < 4.78 is 27.8. The van der Waals surface area contributed by atoms with Crippen molar-refractivity contribution in [2.45, 2.75) is 11.3 Å². The van der Waals surface area contributed by atoms with Crippen molar-refractivity contribution >= 4 is 32.1 Å². The summed E-state index contributed by atoms with van der Waals surface area (Å²) in [5.74, 6) is 0. The van der Waals surface area contributed by atoms with Crippen LogP contribution in [0.25, 0.3) is 10.8 Å². The number of hydrogen-bond acceptors (Lipinski definition) is 5. The molecule has 0 atom stereocenters. The SMILES string of the molecule is NCCN(CCc1ccsc1)S(=O)(=O)c1cccc2cnccc12. The Hall–Kier alpha value is -1.80. The zero-order chi connectivity index (χ0) is 17.0. The van der Waals surface area contributed by atoms with Gasteiger partial charge in [0.1, 0.15) is 0 Å². The predicted molar refractivity (Wildman–Crippen MR) is 97.6 cm³/mol. The van der Waals surface area contributed by atoms with Gasteiger partial charge in [-0.05, 0) is 40.9 Å². The molecular weight excluding hydrogens is 342 g/mol. The van der Waals surface area contributed by atoms with Crippen LogP contribution in [0.15, 0.2) is 58.4 Å². The molecule has 7 heteroatoms. The molecule has 0 saturated carbocycles. The van der Waals surface area contributed by atoms with Gasteiger partial charge in [0, 0.05) is 42.8 Å². The molecule has 3 aromatic rings. The van der Waals surface area contributed by atoms with Crippen LogP contribution in [-0.4, -0.2) is 37.3 Å². The third kappa shape index (κ3) is 3.49. The normalized spacial score (nSPS) is 12.1. The Balaban J connectivity index is 1.95. The molecule has 0 radical (unpaired) electrons. The quantitative estimate of drug-likeness (QED) is 0.701. The zero-order valence-corrected chi connectivity index (χ0v) is 14.8. The van der Waals surface area contributed by atoms with E-state index in [0.717, 1.165) is 10.9 Å². The van der Waals surface area contributed by atoms with Crippen molar-refractivity contribution in [2.24, 2.45) is 5.73 Å². The lowest BCUT2D eigenvalue weighted by molar-refractivity contribution is 0.422. The van der Waals surface area contributed by atoms with Crippen LogP contribution < -0.4 is 5.73 Å². The third-order valence-corrected chi connectivity index (χ3v) is 6.56. The van der Waals surface area contributed by atoms with E-state index in [1.54, 1.807) is 41.9 Å². The summed E-state index contributed by atoms with van der Waals surface area (Å²) >= 11 is 1.61. The first-order valence-corrected chi connectivity index (χ1v) is 10.1. The van der Waals surface area contributed by atoms with Gasteiger partial charge in [0.05, 0.1) is 4.90 Å². The van der Waals surface area contributed by atoms with E-state index in [2.05, 4.69) is 4.98 Å². The van der Waals surface area contributed by atoms with Crippen molar-refractivity contribution in [1.29, 1.82) is 0 Å². The van der Waals surface area contributed by atoms with Crippen LogP contribution >= 0.6 is 11.3 Å². The maximum atomic E-state index is 13.1. The van der Waals surface area contributed by atoms with E-state index in [0.29, 0.717) is 29.8 Å². The number of sulfonamides is 1. The van der Waals surface area contributed by atoms with Crippen molar-refractivity contribution in [3.8, 4) is 0 Å². The maximum absolute atomic E-state index is 13.1. The van der Waals surface area contributed by atoms with Gasteiger partial charge in [0.25, 0.3) is 0 Å². The van der Waals surface area contributed by atoms with Gasteiger partial charge < -0.3 is 5.73 Å². The molecule has 0 aliphatic heterocycles. The van der Waals surface area contributed by atoms with Crippen LogP contribution in [0.5, 0.6) is 0 Å². The number of fused-ring (bicyclic) bond motifs is 1. The number of nitrogens with two attached hydrogens (primary N) is 1. The van der Waals surface area contributed by atoms with Crippen molar-refractivity contribution < 1.29 is 8.42 Å². The number of benzene rings is 1. The molecule has 0 amide bonds. The summed E-state index contributed by atoms with van der Waals surface area (Å²) in [6.07, 6.45) is 3.96. The summed E-state index contributed by atoms with van der Waals surface area (Å²) in [5.41, 5.74) is 6.79. The Morgan fingerprint density at radius 3 is 2.79 bits per heavy atom. The van der Waals surface area contributed by atoms with Crippen LogP contribution in [0.4, 0.5) is 0 Å². The Kier molecular flexibility index (Phi) is 5.25. The summed E-state index contributed by atoms with van der Waals surface area (Å²) in [5, 5.41) is 5.53. The fourth-order valence-electron chi connectivity index (χ4n) is 2.64. The highest BCUT2D eigenvalue weighted by Gasteiger charge is 2.25. The lowest BCUT2D eigenvalue weighted by Gasteiger charge is -2.22. The maximum Gasteiger partial charge on any atom is 0.243 e. The van der Waals surface area contributed by atoms with Crippen LogP contribution in [0.1, 0.15) is 5.56 Å². The van der Waals surface area contributed by atoms with Crippen molar-refractivity contribution in [3.63, 3.8) is 0 Å². The Labute approximate surface area is 145 Å². The number of aromatic nitrogens is 1. The highest BCUT2D eigenvalue weighted by Crippen LogP contribution is 2.25. The topological polar surface area (TPSA) is 76.3 Å². The number of pyridine rings is 1. The average molecular weight is 361 g/mol. The molecule has 0 unspecified atom stereocenters. The molecule has 2 N–H and O–H groups in total. The standard InChI is InChI=1S/C17H19N3O2S2/c18-7-10-20(9-5-14-6-11-23-13-14)24(21,22)17-3-1-2-15-12-19-8-4-16(15)17/h1-4,6,8,11-13H,5,7,9-10,18H2. The van der Waals surface area contributed by atoms with Gasteiger partial charge in [0.15, 0.2) is 0 Å². The van der Waals surface area contributed by atoms with Gasteiger partial charge in [-0.2, -0.15) is 15.6 Å². The fourth-order valence-corrected chi connectivity index (χ4v) is 5.01. The summed E-state index contributed by atoms with van der Waals surface area (Å²) in [6, 6.07) is 9.01. The monoisotopic (exact) mass is 361 g/mol. The molecule has 0 fully saturated rings. The van der Waals surface area contributed by atoms with Crippen LogP contribution in [0.3, 0.4) is 0 Å². The number of hydrogen-bond donors (Lipinski definition) is 1. The molecule has 126 valence electrons. The number of nitrogens with zero attached hydrogens (tertiary/aromatic N) is 2. The van der Waals surface area contributed by atoms with Crippen molar-refractivity contribution in [2.75, 3.05) is 19.6 Å². The molecule has 3 rings (SSSR count). The van der Waals surface area contributed by atoms with E-state index >= 15 is 0 Å². The second kappa shape index (κ2) is 7.40. The Morgan fingerprint density at radius 1 is 1.17 bits per heavy atom. The van der Waals surface area contributed by atoms with Gasteiger partial charge in [-0.25, -0.2) is 8.42 Å². The largest absolute Gasteiger partial charge is 0.329 e. The number of thiophene rings is 1. The van der Waals surface area contributed by atoms with E-state index in [-0.39, 0.29) is 6.54 Å². The molecule has 0 aliphatic rings. The van der Waals surface area contributed by atoms with Crippen LogP contribution in [-0.2, 0) is 16.4 Å². The van der Waals surface area contributed by atoms with Gasteiger partial charge in [-0.3, -0.25) is 4.98 Å². The Morgan fingerprint density at radius 2 is 2.04 bits per heavy atom. The average Bonchev–Trinajstić information content (AvgIpc) is 3.11. The number of rotatable bonds is 7. The summed E-state index contributed by atoms with van der Waals surface area (Å²) in [6.45, 7) is 1.00. The first-order chi connectivity index (χ1) is 11.6. The lowest BCUT2D eigenvalue weighted by atomic mass is 10.2. The first kappa shape index (κ1) is 17.0. The minimum absolute atomic E-state index is 0.287. The van der Waals surface area contributed by atoms with E-state index in [9.17, 15) is 8.42 Å². The summed E-state index contributed by atoms with van der Waals surface area (Å²) in [7, 11) is -3.61. The predicted octanol–water partition coefficient (Wildman–Crippen LogP) is 2.49.